The smallest absolute Gasteiger partial charge is 0.0241 e. The molecule has 9 heavy (non-hydrogen) atoms. The Bertz CT molecular complexity index is 83.0. The summed E-state index contributed by atoms with van der Waals surface area (Å²) in [4.78, 5) is 0. The van der Waals surface area contributed by atoms with Crippen LogP contribution in [0, 0.1) is 0 Å². The van der Waals surface area contributed by atoms with Gasteiger partial charge in [-0.15, -0.1) is 0 Å². The summed E-state index contributed by atoms with van der Waals surface area (Å²) in [5, 5.41) is 1.99. The third-order valence-corrected chi connectivity index (χ3v) is 2.04. The zero-order chi connectivity index (χ0) is 6.69. The minimum atomic E-state index is 0.690. The van der Waals surface area contributed by atoms with Crippen LogP contribution in [0.1, 0.15) is 32.6 Å². The van der Waals surface area contributed by atoms with Gasteiger partial charge in [0.15, 0.2) is 0 Å². The maximum atomic E-state index is 5.70. The summed E-state index contributed by atoms with van der Waals surface area (Å²) < 4.78 is 0. The normalized spacial score (nSPS) is 29.3. The standard InChI is InChI=1S/C7H16N2/c1-2-4-7-5-3-6-9(7)8/h7H,2-6,8H2,1H3. The molecule has 1 heterocycles. The lowest BCUT2D eigenvalue weighted by Crippen LogP contribution is -2.35. The molecule has 1 atom stereocenters. The summed E-state index contributed by atoms with van der Waals surface area (Å²) in [6.07, 6.45) is 5.14. The van der Waals surface area contributed by atoms with Crippen LogP contribution >= 0.6 is 0 Å². The van der Waals surface area contributed by atoms with Gasteiger partial charge in [-0.05, 0) is 19.3 Å². The quantitative estimate of drug-likeness (QED) is 0.565. The molecule has 1 aliphatic rings. The second-order valence-electron chi connectivity index (χ2n) is 2.82. The van der Waals surface area contributed by atoms with Gasteiger partial charge in [-0.25, -0.2) is 5.01 Å². The van der Waals surface area contributed by atoms with Crippen molar-refractivity contribution in [3.63, 3.8) is 0 Å². The molecule has 0 amide bonds. The molecule has 1 aliphatic heterocycles. The van der Waals surface area contributed by atoms with Crippen LogP contribution < -0.4 is 5.84 Å². The highest BCUT2D eigenvalue weighted by molar-refractivity contribution is 4.73. The Morgan fingerprint density at radius 1 is 1.67 bits per heavy atom. The Morgan fingerprint density at radius 3 is 2.89 bits per heavy atom. The lowest BCUT2D eigenvalue weighted by molar-refractivity contribution is 0.249. The van der Waals surface area contributed by atoms with Crippen LogP contribution in [0.2, 0.25) is 0 Å². The molecule has 2 nitrogen and oxygen atoms in total. The molecule has 0 spiro atoms. The van der Waals surface area contributed by atoms with Crippen molar-refractivity contribution in [1.82, 2.24) is 5.01 Å². The Hall–Kier alpha value is -0.0800. The average molecular weight is 128 g/mol. The summed E-state index contributed by atoms with van der Waals surface area (Å²) in [5.74, 6) is 5.70. The summed E-state index contributed by atoms with van der Waals surface area (Å²) in [6, 6.07) is 0.690. The van der Waals surface area contributed by atoms with Crippen LogP contribution in [-0.2, 0) is 0 Å². The molecule has 0 aromatic rings. The maximum absolute atomic E-state index is 5.70. The van der Waals surface area contributed by atoms with Gasteiger partial charge in [0.05, 0.1) is 0 Å². The fraction of sp³-hybridized carbons (Fsp3) is 1.00. The number of hydrazine groups is 1. The van der Waals surface area contributed by atoms with E-state index >= 15 is 0 Å². The van der Waals surface area contributed by atoms with Crippen LogP contribution in [0.4, 0.5) is 0 Å². The Kier molecular flexibility index (Phi) is 2.49. The first-order valence-corrected chi connectivity index (χ1v) is 3.86. The topological polar surface area (TPSA) is 29.3 Å². The molecule has 1 saturated heterocycles. The van der Waals surface area contributed by atoms with E-state index in [4.69, 9.17) is 5.84 Å². The Morgan fingerprint density at radius 2 is 2.44 bits per heavy atom. The largest absolute Gasteiger partial charge is 0.269 e. The van der Waals surface area contributed by atoms with Crippen molar-refractivity contribution in [2.75, 3.05) is 6.54 Å². The molecule has 0 saturated carbocycles. The summed E-state index contributed by atoms with van der Waals surface area (Å²) in [6.45, 7) is 3.32. The highest BCUT2D eigenvalue weighted by Crippen LogP contribution is 2.16. The molecule has 1 unspecified atom stereocenters. The summed E-state index contributed by atoms with van der Waals surface area (Å²) >= 11 is 0. The Labute approximate surface area is 57.0 Å². The molecule has 2 N–H and O–H groups in total. The van der Waals surface area contributed by atoms with Gasteiger partial charge in [-0.2, -0.15) is 0 Å². The van der Waals surface area contributed by atoms with E-state index in [-0.39, 0.29) is 0 Å². The van der Waals surface area contributed by atoms with E-state index in [1.54, 1.807) is 0 Å². The predicted molar refractivity (Wildman–Crippen MR) is 38.8 cm³/mol. The van der Waals surface area contributed by atoms with Crippen LogP contribution in [0.3, 0.4) is 0 Å². The van der Waals surface area contributed by atoms with Crippen molar-refractivity contribution < 1.29 is 0 Å². The molecule has 54 valence electrons. The number of nitrogens with two attached hydrogens (primary N) is 1. The summed E-state index contributed by atoms with van der Waals surface area (Å²) in [7, 11) is 0. The molecule has 0 radical (unpaired) electrons. The fourth-order valence-electron chi connectivity index (χ4n) is 1.50. The van der Waals surface area contributed by atoms with E-state index < -0.39 is 0 Å². The molecule has 1 rings (SSSR count). The van der Waals surface area contributed by atoms with Gasteiger partial charge >= 0.3 is 0 Å². The fourth-order valence-corrected chi connectivity index (χ4v) is 1.50. The lowest BCUT2D eigenvalue weighted by atomic mass is 10.1. The molecule has 2 heteroatoms. The van der Waals surface area contributed by atoms with Gasteiger partial charge in [0.2, 0.25) is 0 Å². The van der Waals surface area contributed by atoms with E-state index in [1.807, 2.05) is 5.01 Å². The minimum Gasteiger partial charge on any atom is -0.269 e. The van der Waals surface area contributed by atoms with Crippen molar-refractivity contribution >= 4 is 0 Å². The van der Waals surface area contributed by atoms with E-state index in [2.05, 4.69) is 6.92 Å². The molecular weight excluding hydrogens is 112 g/mol. The van der Waals surface area contributed by atoms with Crippen molar-refractivity contribution in [2.24, 2.45) is 5.84 Å². The minimum absolute atomic E-state index is 0.690. The molecule has 0 aromatic carbocycles. The lowest BCUT2D eigenvalue weighted by Gasteiger charge is -2.17. The van der Waals surface area contributed by atoms with Gasteiger partial charge in [0, 0.05) is 12.6 Å². The predicted octanol–water partition coefficient (Wildman–Crippen LogP) is 1.12. The number of hydrogen-bond acceptors (Lipinski definition) is 2. The van der Waals surface area contributed by atoms with Crippen LogP contribution in [0.15, 0.2) is 0 Å². The second-order valence-corrected chi connectivity index (χ2v) is 2.82. The van der Waals surface area contributed by atoms with Crippen LogP contribution in [0.5, 0.6) is 0 Å². The van der Waals surface area contributed by atoms with Crippen molar-refractivity contribution in [2.45, 2.75) is 38.6 Å². The van der Waals surface area contributed by atoms with E-state index in [0.717, 1.165) is 6.54 Å². The number of rotatable bonds is 2. The first-order valence-electron chi connectivity index (χ1n) is 3.86. The first kappa shape index (κ1) is 7.03. The maximum Gasteiger partial charge on any atom is 0.0241 e. The zero-order valence-corrected chi connectivity index (χ0v) is 6.14. The average Bonchev–Trinajstić information content (AvgIpc) is 2.18. The van der Waals surface area contributed by atoms with Gasteiger partial charge in [0.1, 0.15) is 0 Å². The monoisotopic (exact) mass is 128 g/mol. The zero-order valence-electron chi connectivity index (χ0n) is 6.14. The molecular formula is C7H16N2. The van der Waals surface area contributed by atoms with Gasteiger partial charge in [-0.3, -0.25) is 5.84 Å². The van der Waals surface area contributed by atoms with Gasteiger partial charge in [-0.1, -0.05) is 13.3 Å². The molecule has 1 fully saturated rings. The number of nitrogens with zero attached hydrogens (tertiary/aromatic N) is 1. The van der Waals surface area contributed by atoms with Crippen LogP contribution in [-0.4, -0.2) is 17.6 Å². The third-order valence-electron chi connectivity index (χ3n) is 2.04. The molecule has 0 bridgehead atoms. The van der Waals surface area contributed by atoms with E-state index in [0.29, 0.717) is 6.04 Å². The van der Waals surface area contributed by atoms with E-state index in [9.17, 15) is 0 Å². The van der Waals surface area contributed by atoms with Gasteiger partial charge < -0.3 is 0 Å². The van der Waals surface area contributed by atoms with Crippen molar-refractivity contribution in [3.8, 4) is 0 Å². The summed E-state index contributed by atoms with van der Waals surface area (Å²) in [5.41, 5.74) is 0. The SMILES string of the molecule is CCCC1CCCN1N. The first-order chi connectivity index (χ1) is 4.34. The third kappa shape index (κ3) is 1.66. The Balaban J connectivity index is 2.22. The highest BCUT2D eigenvalue weighted by atomic mass is 15.4. The van der Waals surface area contributed by atoms with Crippen LogP contribution in [0.25, 0.3) is 0 Å². The number of hydrogen-bond donors (Lipinski definition) is 1. The highest BCUT2D eigenvalue weighted by Gasteiger charge is 2.19. The molecule has 0 aromatic heterocycles. The van der Waals surface area contributed by atoms with Crippen molar-refractivity contribution in [3.05, 3.63) is 0 Å². The van der Waals surface area contributed by atoms with Crippen molar-refractivity contribution in [1.29, 1.82) is 0 Å². The molecule has 0 aliphatic carbocycles. The van der Waals surface area contributed by atoms with Gasteiger partial charge in [0.25, 0.3) is 0 Å². The second kappa shape index (κ2) is 3.18. The van der Waals surface area contributed by atoms with E-state index in [1.165, 1.54) is 25.7 Å².